The third-order valence-corrected chi connectivity index (χ3v) is 2.78. The molecule has 3 nitrogen and oxygen atoms in total. The van der Waals surface area contributed by atoms with E-state index in [4.69, 9.17) is 18.0 Å². The van der Waals surface area contributed by atoms with Crippen molar-refractivity contribution in [1.82, 2.24) is 5.01 Å². The van der Waals surface area contributed by atoms with Crippen LogP contribution in [-0.2, 0) is 0 Å². The SMILES string of the molecule is C[C@@H]1CN(C(N)=S)N(c2ccccc2)C1. The maximum Gasteiger partial charge on any atom is 0.185 e. The molecule has 0 aliphatic carbocycles. The molecule has 2 N–H and O–H groups in total. The average molecular weight is 221 g/mol. The van der Waals surface area contributed by atoms with Crippen molar-refractivity contribution in [3.8, 4) is 0 Å². The molecule has 15 heavy (non-hydrogen) atoms. The number of hydrogen-bond donors (Lipinski definition) is 1. The molecule has 1 aromatic carbocycles. The van der Waals surface area contributed by atoms with Crippen molar-refractivity contribution in [3.63, 3.8) is 0 Å². The molecule has 1 saturated heterocycles. The second-order valence-corrected chi connectivity index (χ2v) is 4.36. The van der Waals surface area contributed by atoms with E-state index in [1.807, 2.05) is 23.2 Å². The van der Waals surface area contributed by atoms with E-state index in [2.05, 4.69) is 24.1 Å². The summed E-state index contributed by atoms with van der Waals surface area (Å²) in [6, 6.07) is 10.2. The van der Waals surface area contributed by atoms with Crippen LogP contribution < -0.4 is 10.7 Å². The minimum atomic E-state index is 0.447. The molecule has 0 bridgehead atoms. The number of thiocarbonyl (C=S) groups is 1. The third kappa shape index (κ3) is 2.04. The van der Waals surface area contributed by atoms with Gasteiger partial charge in [0.15, 0.2) is 5.11 Å². The minimum Gasteiger partial charge on any atom is -0.375 e. The van der Waals surface area contributed by atoms with Gasteiger partial charge in [-0.2, -0.15) is 0 Å². The van der Waals surface area contributed by atoms with Gasteiger partial charge in [0.2, 0.25) is 0 Å². The Kier molecular flexibility index (Phi) is 2.77. The molecule has 0 unspecified atom stereocenters. The van der Waals surface area contributed by atoms with Gasteiger partial charge in [-0.15, -0.1) is 0 Å². The second-order valence-electron chi connectivity index (χ2n) is 3.94. The van der Waals surface area contributed by atoms with Crippen LogP contribution in [0.25, 0.3) is 0 Å². The summed E-state index contributed by atoms with van der Waals surface area (Å²) >= 11 is 5.05. The highest BCUT2D eigenvalue weighted by molar-refractivity contribution is 7.80. The van der Waals surface area contributed by atoms with E-state index >= 15 is 0 Å². The van der Waals surface area contributed by atoms with Gasteiger partial charge in [0.25, 0.3) is 0 Å². The molecule has 1 atom stereocenters. The molecule has 80 valence electrons. The van der Waals surface area contributed by atoms with Crippen molar-refractivity contribution in [1.29, 1.82) is 0 Å². The number of para-hydroxylation sites is 1. The molecular formula is C11H15N3S. The largest absolute Gasteiger partial charge is 0.375 e. The molecule has 0 spiro atoms. The highest BCUT2D eigenvalue weighted by atomic mass is 32.1. The van der Waals surface area contributed by atoms with Crippen LogP contribution in [0.15, 0.2) is 30.3 Å². The van der Waals surface area contributed by atoms with Crippen molar-refractivity contribution in [2.45, 2.75) is 6.92 Å². The molecule has 1 aliphatic heterocycles. The van der Waals surface area contributed by atoms with Gasteiger partial charge in [0, 0.05) is 13.1 Å². The fourth-order valence-corrected chi connectivity index (χ4v) is 2.07. The summed E-state index contributed by atoms with van der Waals surface area (Å²) in [6.07, 6.45) is 0. The van der Waals surface area contributed by atoms with Crippen LogP contribution in [0, 0.1) is 5.92 Å². The molecule has 0 aromatic heterocycles. The summed E-state index contributed by atoms with van der Waals surface area (Å²) in [5, 5.41) is 4.56. The number of anilines is 1. The van der Waals surface area contributed by atoms with Gasteiger partial charge in [0.05, 0.1) is 5.69 Å². The Hall–Kier alpha value is -1.29. The lowest BCUT2D eigenvalue weighted by Crippen LogP contribution is -2.44. The van der Waals surface area contributed by atoms with E-state index in [0.29, 0.717) is 11.0 Å². The average Bonchev–Trinajstić information content (AvgIpc) is 2.62. The van der Waals surface area contributed by atoms with E-state index < -0.39 is 0 Å². The summed E-state index contributed by atoms with van der Waals surface area (Å²) < 4.78 is 0. The van der Waals surface area contributed by atoms with Crippen LogP contribution in [0.5, 0.6) is 0 Å². The summed E-state index contributed by atoms with van der Waals surface area (Å²) in [6.45, 7) is 4.08. The highest BCUT2D eigenvalue weighted by Crippen LogP contribution is 2.23. The molecule has 1 fully saturated rings. The standard InChI is InChI=1S/C11H15N3S/c1-9-7-13(14(8-9)11(12)15)10-5-3-2-4-6-10/h2-6,9H,7-8H2,1H3,(H2,12,15)/t9-/m0/s1. The normalized spacial score (nSPS) is 20.7. The van der Waals surface area contributed by atoms with Gasteiger partial charge in [-0.05, 0) is 30.3 Å². The van der Waals surface area contributed by atoms with Gasteiger partial charge in [0.1, 0.15) is 0 Å². The van der Waals surface area contributed by atoms with Crippen LogP contribution in [0.4, 0.5) is 5.69 Å². The zero-order chi connectivity index (χ0) is 10.8. The smallest absolute Gasteiger partial charge is 0.185 e. The van der Waals surface area contributed by atoms with Gasteiger partial charge in [-0.25, -0.2) is 0 Å². The molecule has 1 aromatic rings. The third-order valence-electron chi connectivity index (χ3n) is 2.57. The fraction of sp³-hybridized carbons (Fsp3) is 0.364. The van der Waals surface area contributed by atoms with Crippen LogP contribution in [0.3, 0.4) is 0 Å². The Morgan fingerprint density at radius 3 is 2.60 bits per heavy atom. The monoisotopic (exact) mass is 221 g/mol. The molecule has 0 radical (unpaired) electrons. The van der Waals surface area contributed by atoms with Crippen molar-refractivity contribution in [3.05, 3.63) is 30.3 Å². The second kappa shape index (κ2) is 4.06. The van der Waals surface area contributed by atoms with Crippen molar-refractivity contribution in [2.75, 3.05) is 18.1 Å². The summed E-state index contributed by atoms with van der Waals surface area (Å²) in [5.74, 6) is 0.590. The van der Waals surface area contributed by atoms with E-state index in [1.54, 1.807) is 0 Å². The highest BCUT2D eigenvalue weighted by Gasteiger charge is 2.28. The van der Waals surface area contributed by atoms with Crippen LogP contribution in [-0.4, -0.2) is 23.2 Å². The van der Waals surface area contributed by atoms with Crippen LogP contribution >= 0.6 is 12.2 Å². The summed E-state index contributed by atoms with van der Waals surface area (Å²) in [4.78, 5) is 0. The van der Waals surface area contributed by atoms with Crippen molar-refractivity contribution in [2.24, 2.45) is 11.7 Å². The van der Waals surface area contributed by atoms with E-state index in [1.165, 1.54) is 0 Å². The van der Waals surface area contributed by atoms with Gasteiger partial charge >= 0.3 is 0 Å². The Labute approximate surface area is 95.4 Å². The first-order chi connectivity index (χ1) is 7.18. The lowest BCUT2D eigenvalue weighted by molar-refractivity contribution is 0.465. The Balaban J connectivity index is 2.24. The topological polar surface area (TPSA) is 32.5 Å². The zero-order valence-corrected chi connectivity index (χ0v) is 9.57. The predicted molar refractivity (Wildman–Crippen MR) is 66.4 cm³/mol. The number of hydrogen-bond acceptors (Lipinski definition) is 2. The van der Waals surface area contributed by atoms with E-state index in [9.17, 15) is 0 Å². The van der Waals surface area contributed by atoms with Crippen molar-refractivity contribution < 1.29 is 0 Å². The number of hydrazine groups is 1. The first kappa shape index (κ1) is 10.2. The lowest BCUT2D eigenvalue weighted by Gasteiger charge is -2.29. The first-order valence-corrected chi connectivity index (χ1v) is 5.49. The minimum absolute atomic E-state index is 0.447. The number of nitrogens with zero attached hydrogens (tertiary/aromatic N) is 2. The molecular weight excluding hydrogens is 206 g/mol. The van der Waals surface area contributed by atoms with Crippen LogP contribution in [0.1, 0.15) is 6.92 Å². The maximum atomic E-state index is 5.70. The fourth-order valence-electron chi connectivity index (χ4n) is 1.90. The molecule has 0 amide bonds. The van der Waals surface area contributed by atoms with Crippen LogP contribution in [0.2, 0.25) is 0 Å². The van der Waals surface area contributed by atoms with Gasteiger partial charge in [-0.1, -0.05) is 25.1 Å². The molecule has 2 rings (SSSR count). The Morgan fingerprint density at radius 1 is 1.33 bits per heavy atom. The van der Waals surface area contributed by atoms with E-state index in [-0.39, 0.29) is 0 Å². The molecule has 1 heterocycles. The zero-order valence-electron chi connectivity index (χ0n) is 8.76. The molecule has 0 saturated carbocycles. The summed E-state index contributed by atoms with van der Waals surface area (Å²) in [5.41, 5.74) is 6.85. The van der Waals surface area contributed by atoms with E-state index in [0.717, 1.165) is 18.8 Å². The Bertz CT molecular complexity index is 352. The van der Waals surface area contributed by atoms with Gasteiger partial charge < -0.3 is 5.73 Å². The number of benzene rings is 1. The van der Waals surface area contributed by atoms with Crippen molar-refractivity contribution >= 4 is 23.0 Å². The van der Waals surface area contributed by atoms with Gasteiger partial charge in [-0.3, -0.25) is 10.0 Å². The first-order valence-electron chi connectivity index (χ1n) is 5.08. The maximum absolute atomic E-state index is 5.70. The lowest BCUT2D eigenvalue weighted by atomic mass is 10.2. The predicted octanol–water partition coefficient (Wildman–Crippen LogP) is 1.60. The number of rotatable bonds is 1. The Morgan fingerprint density at radius 2 is 2.00 bits per heavy atom. The summed E-state index contributed by atoms with van der Waals surface area (Å²) in [7, 11) is 0. The quantitative estimate of drug-likeness (QED) is 0.730. The molecule has 4 heteroatoms. The molecule has 1 aliphatic rings. The number of nitrogens with two attached hydrogens (primary N) is 1.